The molecule has 0 bridgehead atoms. The quantitative estimate of drug-likeness (QED) is 0.00835. The van der Waals surface area contributed by atoms with Gasteiger partial charge in [-0.3, -0.25) is 42.5 Å². The van der Waals surface area contributed by atoms with Crippen molar-refractivity contribution in [3.05, 3.63) is 329 Å². The highest BCUT2D eigenvalue weighted by Gasteiger charge is 2.22. The van der Waals surface area contributed by atoms with Crippen LogP contribution in [0.5, 0.6) is 5.75 Å². The zero-order chi connectivity index (χ0) is 109. The molecule has 148 heavy (non-hydrogen) atoms. The number of urea groups is 1. The fraction of sp³-hybridized carbons (Fsp3) is 0.304. The largest absolute Gasteiger partial charge is 0.497 e. The molecule has 0 fully saturated rings. The summed E-state index contributed by atoms with van der Waals surface area (Å²) in [7, 11) is 3.19. The summed E-state index contributed by atoms with van der Waals surface area (Å²) in [5.74, 6) is 1.59. The lowest BCUT2D eigenvalue weighted by Crippen LogP contribution is -2.19. The minimum absolute atomic E-state index is 0.109. The second-order valence-electron chi connectivity index (χ2n) is 33.5. The van der Waals surface area contributed by atoms with E-state index in [2.05, 4.69) is 95.9 Å². The molecule has 10 amide bonds. The number of amides is 10. The number of unbranched alkanes of at least 4 members (excludes halogenated alkanes) is 1. The number of anilines is 10. The molecule has 1 aromatic heterocycles. The summed E-state index contributed by atoms with van der Waals surface area (Å²) >= 11 is 5.45. The summed E-state index contributed by atoms with van der Waals surface area (Å²) in [6.45, 7) is 37.2. The number of halogens is 2. The monoisotopic (exact) mass is 2050 g/mol. The maximum Gasteiger partial charge on any atom is 0.411 e. The first-order valence-electron chi connectivity index (χ1n) is 48.2. The Hall–Kier alpha value is -16.4. The zero-order valence-corrected chi connectivity index (χ0v) is 88.5. The van der Waals surface area contributed by atoms with E-state index in [-0.39, 0.29) is 38.0 Å². The molecule has 0 spiro atoms. The van der Waals surface area contributed by atoms with Gasteiger partial charge in [-0.2, -0.15) is 5.26 Å². The van der Waals surface area contributed by atoms with E-state index in [4.69, 9.17) is 54.2 Å². The Bertz CT molecular complexity index is 5930. The van der Waals surface area contributed by atoms with E-state index in [9.17, 15) is 52.8 Å². The van der Waals surface area contributed by atoms with Crippen LogP contribution in [0.15, 0.2) is 274 Å². The minimum Gasteiger partial charge on any atom is -0.497 e. The summed E-state index contributed by atoms with van der Waals surface area (Å²) in [5.41, 5.74) is 20.3. The van der Waals surface area contributed by atoms with Crippen molar-refractivity contribution in [3.63, 3.8) is 0 Å². The van der Waals surface area contributed by atoms with Gasteiger partial charge >= 0.3 is 54.8 Å². The molecule has 31 nitrogen and oxygen atoms in total. The number of nitrogens with zero attached hydrogens (tertiary/aromatic N) is 2. The number of hydrogen-bond acceptors (Lipinski definition) is 20. The second kappa shape index (κ2) is 72.0. The smallest absolute Gasteiger partial charge is 0.411 e. The van der Waals surface area contributed by atoms with Crippen LogP contribution < -0.4 is 57.9 Å². The van der Waals surface area contributed by atoms with Crippen molar-refractivity contribution in [2.24, 2.45) is 5.92 Å². The first-order chi connectivity index (χ1) is 71.0. The molecular formula is C115H142ClFN12O19. The van der Waals surface area contributed by atoms with E-state index in [1.165, 1.54) is 6.08 Å². The number of methoxy groups -OCH3 is 2. The van der Waals surface area contributed by atoms with Crippen LogP contribution in [-0.2, 0) is 42.6 Å². The third kappa shape index (κ3) is 53.8. The molecule has 1 heterocycles. The van der Waals surface area contributed by atoms with Gasteiger partial charge in [0.1, 0.15) is 38.3 Å². The first kappa shape index (κ1) is 124. The van der Waals surface area contributed by atoms with Gasteiger partial charge in [-0.15, -0.1) is 11.6 Å². The number of alkyl halides is 2. The summed E-state index contributed by atoms with van der Waals surface area (Å²) < 4.78 is 62.6. The highest BCUT2D eigenvalue weighted by atomic mass is 35.5. The number of carbonyl (C=O) groups excluding carboxylic acids is 9. The molecule has 0 saturated carbocycles. The van der Waals surface area contributed by atoms with E-state index in [0.717, 1.165) is 143 Å². The Morgan fingerprint density at radius 3 is 0.980 bits per heavy atom. The van der Waals surface area contributed by atoms with Crippen LogP contribution in [0.3, 0.4) is 0 Å². The fourth-order valence-electron chi connectivity index (χ4n) is 12.7. The van der Waals surface area contributed by atoms with Gasteiger partial charge < -0.3 is 62.6 Å². The average Bonchev–Trinajstić information content (AvgIpc) is 1.59. The molecule has 0 aliphatic rings. The van der Waals surface area contributed by atoms with E-state index in [0.29, 0.717) is 74.8 Å². The molecule has 0 radical (unpaired) electrons. The molecule has 12 aromatic rings. The van der Waals surface area contributed by atoms with Gasteiger partial charge in [0, 0.05) is 92.9 Å². The number of aryl methyl sites for hydroxylation is 9. The van der Waals surface area contributed by atoms with Crippen molar-refractivity contribution in [1.82, 2.24) is 4.57 Å². The standard InChI is InChI=1S/C27H26N4O2.2C12H17NO2.C11H14ClNO2.C11H15NO3.C11H15NO2.C11H13NO2.C10H12FNO2.C10H13NO2/c1-17(2)31-25-15-22(33-4)11-12-23(25)24(16-28)26(31)19-8-6-10-21(14-19)30-27(32)29-20-9-5-7-18(3)13-20;1-9(2)8-15-12(14)13-11-6-4-5-10(3)7-11;1-3-4-8-15-12(14)13-11-7-5-6-10(2)9-11;1-9-4-2-5-10(8-9)13-11(14)15-7-3-6-12;1-9-4-3-5-10(8-9)12-11(13)15-7-6-14-2;2*1-3-7-14-11(13)12-10-6-4-5-9(2)8-10;1-8-3-2-4-9(7-8)12-10(13)14-6-5-11;1-3-13-10(12)11-9-6-4-5-8(2)7-9/h5-15,17H,1-4H3,(H2,29,30,32);4-7,9H,8H2,1-3H3,(H,13,14);5-7,9H,3-4,8H2,1-2H3,(H,13,14);2,4-5,8H,3,6-7H2,1H3,(H,13,14);3-5,8H,6-7H2,1-2H3,(H,12,13);4-6,8H,3,7H2,1-2H3,(H,12,13);3-6,8H,1,7H2,2H3,(H,12,13);2-4,7H,5-6H2,1H3,(H,12,13);4-7H,3H2,1-2H3,(H,11,12). The lowest BCUT2D eigenvalue weighted by atomic mass is 10.1. The Labute approximate surface area is 874 Å². The maximum atomic E-state index is 12.6. The molecule has 0 aliphatic carbocycles. The molecule has 0 saturated heterocycles. The van der Waals surface area contributed by atoms with Gasteiger partial charge in [-0.25, -0.2) is 47.5 Å². The van der Waals surface area contributed by atoms with Crippen molar-refractivity contribution >= 4 is 134 Å². The molecule has 0 unspecified atom stereocenters. The van der Waals surface area contributed by atoms with E-state index < -0.39 is 49.3 Å². The van der Waals surface area contributed by atoms with Crippen LogP contribution in [-0.4, -0.2) is 146 Å². The summed E-state index contributed by atoms with van der Waals surface area (Å²) in [6.07, 6.45) is 1.39. The van der Waals surface area contributed by atoms with Gasteiger partial charge in [-0.05, 0) is 292 Å². The Balaban J connectivity index is 0.000000355. The Kier molecular flexibility index (Phi) is 60.2. The first-order valence-corrected chi connectivity index (χ1v) is 48.7. The number of ether oxygens (including phenoxy) is 10. The van der Waals surface area contributed by atoms with Gasteiger partial charge in [0.05, 0.1) is 63.5 Å². The SMILES string of the molecule is C=CCOC(=O)Nc1cccc(C)c1.CCCCOC(=O)Nc1cccc(C)c1.CCCOC(=O)Nc1cccc(C)c1.CCOC(=O)Nc1cccc(C)c1.COCCOC(=O)Nc1cccc(C)c1.COc1ccc2c(C#N)c(-c3cccc(NC(=O)Nc4cccc(C)c4)c3)n(C(C)C)c2c1.Cc1cccc(NC(=O)OCC(C)C)c1.Cc1cccc(NC(=O)OCCCCl)c1.Cc1cccc(NC(=O)OCCF)c1. The van der Waals surface area contributed by atoms with Gasteiger partial charge in [-0.1, -0.05) is 168 Å². The zero-order valence-electron chi connectivity index (χ0n) is 87.8. The molecular weight excluding hydrogens is 1910 g/mol. The topological polar surface area (TPSA) is 395 Å². The molecule has 0 atom stereocenters. The molecule has 0 aliphatic heterocycles. The average molecular weight is 2050 g/mol. The number of nitrogens with one attached hydrogen (secondary N) is 10. The molecule has 10 N–H and O–H groups in total. The van der Waals surface area contributed by atoms with E-state index in [1.54, 1.807) is 33.3 Å². The second-order valence-corrected chi connectivity index (χ2v) is 33.9. The molecule has 33 heteroatoms. The van der Waals surface area contributed by atoms with Crippen molar-refractivity contribution in [3.8, 4) is 23.1 Å². The van der Waals surface area contributed by atoms with Crippen LogP contribution >= 0.6 is 11.6 Å². The van der Waals surface area contributed by atoms with Crippen molar-refractivity contribution < 1.29 is 94.9 Å². The highest BCUT2D eigenvalue weighted by Crippen LogP contribution is 2.39. The highest BCUT2D eigenvalue weighted by molar-refractivity contribution is 6.17. The van der Waals surface area contributed by atoms with Crippen molar-refractivity contribution in [1.29, 1.82) is 5.26 Å². The molecule has 12 rings (SSSR count). The van der Waals surface area contributed by atoms with Crippen LogP contribution in [0.2, 0.25) is 0 Å². The van der Waals surface area contributed by atoms with Gasteiger partial charge in [0.25, 0.3) is 0 Å². The molecule has 790 valence electrons. The predicted octanol–water partition coefficient (Wildman–Crippen LogP) is 29.4. The number of hydrogen-bond donors (Lipinski definition) is 10. The van der Waals surface area contributed by atoms with E-state index >= 15 is 0 Å². The summed E-state index contributed by atoms with van der Waals surface area (Å²) in [5, 5.41) is 37.6. The van der Waals surface area contributed by atoms with Crippen LogP contribution in [0.25, 0.3) is 22.2 Å². The number of rotatable bonds is 31. The normalized spacial score (nSPS) is 9.90. The minimum atomic E-state index is -0.665. The number of fused-ring (bicyclic) bond motifs is 1. The third-order valence-corrected chi connectivity index (χ3v) is 19.6. The van der Waals surface area contributed by atoms with Gasteiger partial charge in [0.2, 0.25) is 0 Å². The van der Waals surface area contributed by atoms with Crippen LogP contribution in [0.1, 0.15) is 136 Å². The lowest BCUT2D eigenvalue weighted by molar-refractivity contribution is 0.107. The fourth-order valence-corrected chi connectivity index (χ4v) is 12.8. The number of nitriles is 1. The van der Waals surface area contributed by atoms with Crippen LogP contribution in [0, 0.1) is 79.6 Å². The summed E-state index contributed by atoms with van der Waals surface area (Å²) in [4.78, 5) is 102. The van der Waals surface area contributed by atoms with Crippen molar-refractivity contribution in [2.45, 2.75) is 143 Å². The predicted molar refractivity (Wildman–Crippen MR) is 591 cm³/mol. The number of benzene rings is 11. The van der Waals surface area contributed by atoms with E-state index in [1.807, 2.05) is 332 Å². The van der Waals surface area contributed by atoms with Gasteiger partial charge in [0.15, 0.2) is 0 Å². The summed E-state index contributed by atoms with van der Waals surface area (Å²) in [6, 6.07) is 83.3. The lowest BCUT2D eigenvalue weighted by Gasteiger charge is -2.16. The number of aromatic nitrogens is 1. The maximum absolute atomic E-state index is 12.6. The number of carbonyl (C=O) groups is 9. The Morgan fingerprint density at radius 2 is 0.682 bits per heavy atom. The van der Waals surface area contributed by atoms with Crippen LogP contribution in [0.4, 0.5) is 104 Å². The molecule has 11 aromatic carbocycles. The van der Waals surface area contributed by atoms with Crippen molar-refractivity contribution in [2.75, 3.05) is 139 Å². The third-order valence-electron chi connectivity index (χ3n) is 19.3. The Morgan fingerprint density at radius 1 is 0.372 bits per heavy atom.